The predicted octanol–water partition coefficient (Wildman–Crippen LogP) is 3.39. The second-order valence-electron chi connectivity index (χ2n) is 15.3. The average Bonchev–Trinajstić information content (AvgIpc) is 3.98. The fourth-order valence-electron chi connectivity index (χ4n) is 9.06. The molecule has 0 bridgehead atoms. The first-order valence-electron chi connectivity index (χ1n) is 18.9. The molecular weight excluding hydrogens is 666 g/mol. The number of ether oxygens (including phenoxy) is 1. The van der Waals surface area contributed by atoms with Crippen LogP contribution in [0.15, 0.2) is 30.3 Å². The number of piperidine rings is 3. The lowest BCUT2D eigenvalue weighted by Crippen LogP contribution is -2.54. The molecule has 1 aliphatic carbocycles. The summed E-state index contributed by atoms with van der Waals surface area (Å²) in [4.78, 5) is 72.7. The van der Waals surface area contributed by atoms with Crippen molar-refractivity contribution in [3.05, 3.63) is 57.1 Å². The van der Waals surface area contributed by atoms with E-state index in [1.165, 1.54) is 20.0 Å². The first-order chi connectivity index (χ1) is 25.2. The van der Waals surface area contributed by atoms with Crippen molar-refractivity contribution in [3.8, 4) is 5.75 Å². The van der Waals surface area contributed by atoms with Gasteiger partial charge in [-0.15, -0.1) is 0 Å². The highest BCUT2D eigenvalue weighted by Gasteiger charge is 2.45. The minimum absolute atomic E-state index is 0.0601. The van der Waals surface area contributed by atoms with Crippen LogP contribution in [-0.4, -0.2) is 121 Å². The lowest BCUT2D eigenvalue weighted by Gasteiger charge is -2.44. The molecule has 1 N–H and O–H groups in total. The van der Waals surface area contributed by atoms with Crippen molar-refractivity contribution in [3.63, 3.8) is 0 Å². The summed E-state index contributed by atoms with van der Waals surface area (Å²) in [6.07, 6.45) is 6.99. The van der Waals surface area contributed by atoms with Crippen molar-refractivity contribution in [1.29, 1.82) is 0 Å². The molecule has 2 aromatic carbocycles. The number of nitrogens with one attached hydrogen (secondary N) is 1. The molecule has 52 heavy (non-hydrogen) atoms. The Kier molecular flexibility index (Phi) is 9.37. The molecule has 0 radical (unpaired) electrons. The molecule has 276 valence electrons. The van der Waals surface area contributed by atoms with Crippen LogP contribution in [-0.2, 0) is 9.59 Å². The number of piperazine rings is 1. The van der Waals surface area contributed by atoms with Gasteiger partial charge < -0.3 is 19.4 Å². The van der Waals surface area contributed by atoms with Crippen molar-refractivity contribution < 1.29 is 28.8 Å². The van der Waals surface area contributed by atoms with E-state index in [2.05, 4.69) is 24.9 Å². The molecule has 14 nitrogen and oxygen atoms in total. The summed E-state index contributed by atoms with van der Waals surface area (Å²) in [5.74, 6) is -0.516. The lowest BCUT2D eigenvalue weighted by atomic mass is 9.92. The average molecular weight is 714 g/mol. The molecule has 5 heterocycles. The number of methoxy groups -OCH3 is 1. The van der Waals surface area contributed by atoms with E-state index in [0.29, 0.717) is 34.8 Å². The van der Waals surface area contributed by atoms with Crippen molar-refractivity contribution in [1.82, 2.24) is 20.0 Å². The number of rotatable bonds is 9. The Labute approximate surface area is 303 Å². The lowest BCUT2D eigenvalue weighted by molar-refractivity contribution is -0.385. The van der Waals surface area contributed by atoms with E-state index in [0.717, 1.165) is 106 Å². The summed E-state index contributed by atoms with van der Waals surface area (Å²) in [5, 5.41) is 13.9. The van der Waals surface area contributed by atoms with Gasteiger partial charge >= 0.3 is 5.69 Å². The van der Waals surface area contributed by atoms with Gasteiger partial charge in [0.25, 0.3) is 11.8 Å². The number of amides is 4. The third-order valence-corrected chi connectivity index (χ3v) is 12.2. The van der Waals surface area contributed by atoms with E-state index in [4.69, 9.17) is 4.74 Å². The first kappa shape index (κ1) is 34.5. The molecule has 14 heteroatoms. The topological polar surface area (TPSA) is 149 Å². The number of hydrogen-bond donors (Lipinski definition) is 1. The van der Waals surface area contributed by atoms with E-state index in [-0.39, 0.29) is 29.4 Å². The van der Waals surface area contributed by atoms with Crippen LogP contribution >= 0.6 is 0 Å². The molecule has 0 spiro atoms. The van der Waals surface area contributed by atoms with Crippen molar-refractivity contribution in [2.75, 3.05) is 75.8 Å². The molecule has 5 fully saturated rings. The normalized spacial score (nSPS) is 24.0. The fraction of sp³-hybridized carbons (Fsp3) is 0.579. The number of nitro groups is 1. The van der Waals surface area contributed by atoms with Gasteiger partial charge in [0.1, 0.15) is 6.04 Å². The highest BCUT2D eigenvalue weighted by atomic mass is 16.6. The Balaban J connectivity index is 0.800. The van der Waals surface area contributed by atoms with Gasteiger partial charge in [0, 0.05) is 81.8 Å². The van der Waals surface area contributed by atoms with Gasteiger partial charge in [-0.25, -0.2) is 0 Å². The minimum atomic E-state index is -0.961. The standard InChI is InChI=1S/C38H47N7O7/c1-52-34-22-32(29(25-2-3-25)21-33(34)45(50)51)43-14-10-26(11-15-43)41-12-8-24(9-13-41)23-40-16-18-42(19-17-40)27-4-5-28-30(20-27)38(49)44(37(28)48)31-6-7-35(46)39-36(31)47/h4-5,20-22,24-26,31H,2-3,6-19,23H2,1H3,(H,39,46,47). The number of benzene rings is 2. The Morgan fingerprint density at radius 1 is 0.808 bits per heavy atom. The highest BCUT2D eigenvalue weighted by molar-refractivity contribution is 6.23. The van der Waals surface area contributed by atoms with Crippen LogP contribution in [0.4, 0.5) is 17.1 Å². The Morgan fingerprint density at radius 3 is 2.17 bits per heavy atom. The van der Waals surface area contributed by atoms with Gasteiger partial charge in [0.15, 0.2) is 5.75 Å². The number of fused-ring (bicyclic) bond motifs is 1. The summed E-state index contributed by atoms with van der Waals surface area (Å²) in [5.41, 5.74) is 3.80. The van der Waals surface area contributed by atoms with E-state index in [1.807, 2.05) is 12.1 Å². The quantitative estimate of drug-likeness (QED) is 0.232. The minimum Gasteiger partial charge on any atom is -0.490 e. The molecule has 8 rings (SSSR count). The zero-order chi connectivity index (χ0) is 36.1. The number of anilines is 2. The smallest absolute Gasteiger partial charge is 0.311 e. The summed E-state index contributed by atoms with van der Waals surface area (Å²) < 4.78 is 5.42. The van der Waals surface area contributed by atoms with Gasteiger partial charge in [-0.05, 0) is 93.6 Å². The highest BCUT2D eigenvalue weighted by Crippen LogP contribution is 2.48. The monoisotopic (exact) mass is 713 g/mol. The summed E-state index contributed by atoms with van der Waals surface area (Å²) in [6.45, 7) is 8.74. The fourth-order valence-corrected chi connectivity index (χ4v) is 9.06. The molecule has 0 aromatic heterocycles. The van der Waals surface area contributed by atoms with Crippen molar-refractivity contribution >= 4 is 40.7 Å². The van der Waals surface area contributed by atoms with Crippen LogP contribution in [0.1, 0.15) is 83.6 Å². The largest absolute Gasteiger partial charge is 0.490 e. The number of carbonyl (C=O) groups excluding carboxylic acids is 4. The third-order valence-electron chi connectivity index (χ3n) is 12.2. The Bertz CT molecular complexity index is 1770. The number of carbonyl (C=O) groups is 4. The van der Waals surface area contributed by atoms with Crippen LogP contribution in [0.3, 0.4) is 0 Å². The zero-order valence-electron chi connectivity index (χ0n) is 29.8. The molecule has 2 aromatic rings. The van der Waals surface area contributed by atoms with Gasteiger partial charge in [-0.1, -0.05) is 0 Å². The Morgan fingerprint density at radius 2 is 1.52 bits per heavy atom. The number of likely N-dealkylation sites (tertiary alicyclic amines) is 1. The summed E-state index contributed by atoms with van der Waals surface area (Å²) in [6, 6.07) is 8.62. The molecule has 1 unspecified atom stereocenters. The second kappa shape index (κ2) is 14.1. The van der Waals surface area contributed by atoms with Gasteiger partial charge in [0.2, 0.25) is 11.8 Å². The van der Waals surface area contributed by atoms with Gasteiger partial charge in [-0.3, -0.25) is 44.4 Å². The van der Waals surface area contributed by atoms with Crippen LogP contribution in [0.25, 0.3) is 0 Å². The van der Waals surface area contributed by atoms with Crippen molar-refractivity contribution in [2.45, 2.75) is 69.4 Å². The molecule has 1 atom stereocenters. The van der Waals surface area contributed by atoms with E-state index < -0.39 is 23.8 Å². The SMILES string of the molecule is COc1cc(N2CCC(N3CCC(CN4CCN(c5ccc6c(c5)C(=O)N(C5CCC(=O)NC5=O)C6=O)CC4)CC3)CC2)c(C2CC2)cc1[N+](=O)[O-]. The van der Waals surface area contributed by atoms with Gasteiger partial charge in [-0.2, -0.15) is 0 Å². The first-order valence-corrected chi connectivity index (χ1v) is 18.9. The van der Waals surface area contributed by atoms with E-state index in [1.54, 1.807) is 18.2 Å². The molecular formula is C38H47N7O7. The molecule has 4 saturated heterocycles. The summed E-state index contributed by atoms with van der Waals surface area (Å²) >= 11 is 0. The molecule has 4 amide bonds. The number of nitro benzene ring substituents is 1. The maximum atomic E-state index is 13.3. The number of nitrogens with zero attached hydrogens (tertiary/aromatic N) is 6. The van der Waals surface area contributed by atoms with Crippen LogP contribution < -0.4 is 19.9 Å². The number of hydrogen-bond acceptors (Lipinski definition) is 11. The van der Waals surface area contributed by atoms with Crippen LogP contribution in [0.5, 0.6) is 5.75 Å². The summed E-state index contributed by atoms with van der Waals surface area (Å²) in [7, 11) is 1.50. The van der Waals surface area contributed by atoms with E-state index in [9.17, 15) is 29.3 Å². The second-order valence-corrected chi connectivity index (χ2v) is 15.3. The Hall–Kier alpha value is -4.56. The van der Waals surface area contributed by atoms with Crippen LogP contribution in [0, 0.1) is 16.0 Å². The molecule has 1 saturated carbocycles. The van der Waals surface area contributed by atoms with E-state index >= 15 is 0 Å². The van der Waals surface area contributed by atoms with Crippen LogP contribution in [0.2, 0.25) is 0 Å². The van der Waals surface area contributed by atoms with Gasteiger partial charge in [0.05, 0.1) is 23.2 Å². The zero-order valence-corrected chi connectivity index (χ0v) is 29.8. The maximum Gasteiger partial charge on any atom is 0.311 e. The molecule has 6 aliphatic rings. The predicted molar refractivity (Wildman–Crippen MR) is 193 cm³/mol. The maximum absolute atomic E-state index is 13.3. The molecule has 5 aliphatic heterocycles. The third kappa shape index (κ3) is 6.62. The number of imide groups is 2. The van der Waals surface area contributed by atoms with Crippen molar-refractivity contribution in [2.24, 2.45) is 5.92 Å².